The molecule has 0 saturated heterocycles. The maximum Gasteiger partial charge on any atom is 0.360 e. The molecule has 2 heterocycles. The van der Waals surface area contributed by atoms with Crippen LogP contribution in [-0.4, -0.2) is 33.3 Å². The van der Waals surface area contributed by atoms with Crippen LogP contribution in [0.25, 0.3) is 10.6 Å². The number of nitrogens with one attached hydrogen (secondary N) is 1. The summed E-state index contributed by atoms with van der Waals surface area (Å²) in [7, 11) is -2.23. The van der Waals surface area contributed by atoms with Crippen LogP contribution in [0.3, 0.4) is 0 Å². The summed E-state index contributed by atoms with van der Waals surface area (Å²) in [6, 6.07) is 11.0. The number of carbonyl (C=O) groups is 1. The van der Waals surface area contributed by atoms with Gasteiger partial charge in [0.25, 0.3) is 10.0 Å². The van der Waals surface area contributed by atoms with Gasteiger partial charge < -0.3 is 14.0 Å². The zero-order valence-corrected chi connectivity index (χ0v) is 16.1. The van der Waals surface area contributed by atoms with Gasteiger partial charge in [-0.15, -0.1) is 11.3 Å². The van der Waals surface area contributed by atoms with Crippen molar-refractivity contribution in [3.8, 4) is 16.4 Å². The molecule has 27 heavy (non-hydrogen) atoms. The molecule has 0 bridgehead atoms. The molecule has 10 heteroatoms. The first kappa shape index (κ1) is 18.9. The van der Waals surface area contributed by atoms with E-state index in [1.54, 1.807) is 37.3 Å². The normalized spacial score (nSPS) is 11.2. The lowest BCUT2D eigenvalue weighted by molar-refractivity contribution is 0.0514. The molecule has 0 radical (unpaired) electrons. The van der Waals surface area contributed by atoms with Gasteiger partial charge in [0.1, 0.15) is 9.96 Å². The summed E-state index contributed by atoms with van der Waals surface area (Å²) < 4.78 is 42.7. The van der Waals surface area contributed by atoms with Crippen LogP contribution in [0.15, 0.2) is 51.2 Å². The fraction of sp³-hybridized carbons (Fsp3) is 0.176. The van der Waals surface area contributed by atoms with Crippen molar-refractivity contribution in [2.24, 2.45) is 0 Å². The molecule has 0 spiro atoms. The van der Waals surface area contributed by atoms with E-state index in [0.717, 1.165) is 11.3 Å². The van der Waals surface area contributed by atoms with Gasteiger partial charge in [0.2, 0.25) is 0 Å². The maximum absolute atomic E-state index is 12.5. The van der Waals surface area contributed by atoms with Crippen LogP contribution in [0.1, 0.15) is 17.4 Å². The molecule has 1 aromatic carbocycles. The highest BCUT2D eigenvalue weighted by Crippen LogP contribution is 2.32. The van der Waals surface area contributed by atoms with E-state index < -0.39 is 16.0 Å². The molecule has 2 aromatic heterocycles. The largest absolute Gasteiger partial charge is 0.497 e. The molecule has 0 aliphatic rings. The highest BCUT2D eigenvalue weighted by Gasteiger charge is 2.20. The standard InChI is InChI=1S/C17H16N2O6S2/c1-3-24-17(20)13-10-14(25-18-13)15-8-9-16(26-15)27(21,22)19-11-4-6-12(23-2)7-5-11/h4-10,19H,3H2,1-2H3. The predicted molar refractivity (Wildman–Crippen MR) is 99.6 cm³/mol. The van der Waals surface area contributed by atoms with Crippen molar-refractivity contribution in [1.82, 2.24) is 5.16 Å². The Morgan fingerprint density at radius 1 is 1.22 bits per heavy atom. The lowest BCUT2D eigenvalue weighted by Gasteiger charge is -2.06. The Labute approximate surface area is 159 Å². The number of hydrogen-bond acceptors (Lipinski definition) is 8. The molecule has 0 unspecified atom stereocenters. The average Bonchev–Trinajstić information content (AvgIpc) is 3.32. The Hall–Kier alpha value is -2.85. The molecular weight excluding hydrogens is 392 g/mol. The van der Waals surface area contributed by atoms with Gasteiger partial charge in [0, 0.05) is 11.8 Å². The lowest BCUT2D eigenvalue weighted by Crippen LogP contribution is -2.11. The van der Waals surface area contributed by atoms with Crippen LogP contribution in [0.4, 0.5) is 5.69 Å². The average molecular weight is 408 g/mol. The van der Waals surface area contributed by atoms with Crippen molar-refractivity contribution in [3.05, 3.63) is 48.2 Å². The summed E-state index contributed by atoms with van der Waals surface area (Å²) in [5.41, 5.74) is 0.441. The van der Waals surface area contributed by atoms with Gasteiger partial charge in [-0.05, 0) is 43.3 Å². The maximum atomic E-state index is 12.5. The minimum absolute atomic E-state index is 0.0287. The van der Waals surface area contributed by atoms with E-state index in [1.165, 1.54) is 19.2 Å². The van der Waals surface area contributed by atoms with E-state index in [2.05, 4.69) is 9.88 Å². The second kappa shape index (κ2) is 7.80. The van der Waals surface area contributed by atoms with Gasteiger partial charge in [0.05, 0.1) is 18.6 Å². The second-order valence-electron chi connectivity index (χ2n) is 5.25. The molecule has 0 atom stereocenters. The minimum atomic E-state index is -3.76. The molecule has 3 aromatic rings. The molecule has 0 amide bonds. The predicted octanol–water partition coefficient (Wildman–Crippen LogP) is 3.39. The van der Waals surface area contributed by atoms with Crippen molar-refractivity contribution in [2.75, 3.05) is 18.4 Å². The van der Waals surface area contributed by atoms with Crippen LogP contribution in [0.5, 0.6) is 5.75 Å². The number of hydrogen-bond donors (Lipinski definition) is 1. The van der Waals surface area contributed by atoms with Crippen LogP contribution in [0, 0.1) is 0 Å². The number of methoxy groups -OCH3 is 1. The summed E-state index contributed by atoms with van der Waals surface area (Å²) in [5, 5.41) is 3.65. The number of carbonyl (C=O) groups excluding carboxylic acids is 1. The van der Waals surface area contributed by atoms with Crippen molar-refractivity contribution in [3.63, 3.8) is 0 Å². The van der Waals surface area contributed by atoms with E-state index in [-0.39, 0.29) is 22.3 Å². The van der Waals surface area contributed by atoms with Crippen molar-refractivity contribution >= 4 is 33.0 Å². The van der Waals surface area contributed by atoms with E-state index in [9.17, 15) is 13.2 Å². The molecule has 0 saturated carbocycles. The number of sulfonamides is 1. The number of nitrogens with zero attached hydrogens (tertiary/aromatic N) is 1. The van der Waals surface area contributed by atoms with Gasteiger partial charge in [-0.3, -0.25) is 4.72 Å². The fourth-order valence-electron chi connectivity index (χ4n) is 2.15. The number of aromatic nitrogens is 1. The Balaban J connectivity index is 1.78. The first-order valence-electron chi connectivity index (χ1n) is 7.84. The van der Waals surface area contributed by atoms with Gasteiger partial charge in [-0.25, -0.2) is 13.2 Å². The van der Waals surface area contributed by atoms with E-state index in [1.807, 2.05) is 0 Å². The first-order chi connectivity index (χ1) is 12.9. The Morgan fingerprint density at radius 3 is 2.63 bits per heavy atom. The Kier molecular flexibility index (Phi) is 5.47. The van der Waals surface area contributed by atoms with Crippen LogP contribution in [-0.2, 0) is 14.8 Å². The summed E-state index contributed by atoms with van der Waals surface area (Å²) in [6.07, 6.45) is 0. The smallest absolute Gasteiger partial charge is 0.360 e. The number of benzene rings is 1. The molecular formula is C17H16N2O6S2. The summed E-state index contributed by atoms with van der Waals surface area (Å²) in [5.74, 6) is 0.311. The van der Waals surface area contributed by atoms with E-state index >= 15 is 0 Å². The molecule has 0 aliphatic heterocycles. The quantitative estimate of drug-likeness (QED) is 0.597. The third kappa shape index (κ3) is 4.29. The SMILES string of the molecule is CCOC(=O)c1cc(-c2ccc(S(=O)(=O)Nc3ccc(OC)cc3)s2)on1. The second-order valence-corrected chi connectivity index (χ2v) is 8.24. The van der Waals surface area contributed by atoms with Crippen LogP contribution >= 0.6 is 11.3 Å². The zero-order valence-electron chi connectivity index (χ0n) is 14.5. The molecule has 1 N–H and O–H groups in total. The Bertz CT molecular complexity index is 1040. The van der Waals surface area contributed by atoms with Crippen LogP contribution in [0.2, 0.25) is 0 Å². The molecule has 142 valence electrons. The van der Waals surface area contributed by atoms with Gasteiger partial charge >= 0.3 is 5.97 Å². The van der Waals surface area contributed by atoms with Crippen LogP contribution < -0.4 is 9.46 Å². The third-order valence-corrected chi connectivity index (χ3v) is 6.40. The molecule has 3 rings (SSSR count). The van der Waals surface area contributed by atoms with E-state index in [0.29, 0.717) is 16.3 Å². The highest BCUT2D eigenvalue weighted by molar-refractivity contribution is 7.94. The van der Waals surface area contributed by atoms with Crippen molar-refractivity contribution in [1.29, 1.82) is 0 Å². The van der Waals surface area contributed by atoms with Crippen molar-refractivity contribution < 1.29 is 27.2 Å². The van der Waals surface area contributed by atoms with Gasteiger partial charge in [-0.2, -0.15) is 0 Å². The third-order valence-electron chi connectivity index (χ3n) is 3.43. The number of esters is 1. The summed E-state index contributed by atoms with van der Waals surface area (Å²) in [4.78, 5) is 12.2. The lowest BCUT2D eigenvalue weighted by atomic mass is 10.3. The zero-order chi connectivity index (χ0) is 19.4. The first-order valence-corrected chi connectivity index (χ1v) is 10.1. The highest BCUT2D eigenvalue weighted by atomic mass is 32.2. The fourth-order valence-corrected chi connectivity index (χ4v) is 4.47. The number of ether oxygens (including phenoxy) is 2. The van der Waals surface area contributed by atoms with Gasteiger partial charge in [-0.1, -0.05) is 5.16 Å². The summed E-state index contributed by atoms with van der Waals surface area (Å²) in [6.45, 7) is 1.91. The number of rotatable bonds is 7. The van der Waals surface area contributed by atoms with E-state index in [4.69, 9.17) is 14.0 Å². The molecule has 8 nitrogen and oxygen atoms in total. The molecule has 0 aliphatic carbocycles. The van der Waals surface area contributed by atoms with Crippen molar-refractivity contribution in [2.45, 2.75) is 11.1 Å². The Morgan fingerprint density at radius 2 is 1.96 bits per heavy atom. The topological polar surface area (TPSA) is 108 Å². The van der Waals surface area contributed by atoms with Gasteiger partial charge in [0.15, 0.2) is 11.5 Å². The monoisotopic (exact) mass is 408 g/mol. The summed E-state index contributed by atoms with van der Waals surface area (Å²) >= 11 is 0.997. The number of anilines is 1. The number of thiophene rings is 1. The minimum Gasteiger partial charge on any atom is -0.497 e. The molecule has 0 fully saturated rings.